The number of hydrogen-bond donors (Lipinski definition) is 2. The minimum absolute atomic E-state index is 0.136. The Morgan fingerprint density at radius 1 is 1.18 bits per heavy atom. The quantitative estimate of drug-likeness (QED) is 0.782. The van der Waals surface area contributed by atoms with Crippen molar-refractivity contribution in [1.82, 2.24) is 20.2 Å². The Labute approximate surface area is 159 Å². The summed E-state index contributed by atoms with van der Waals surface area (Å²) >= 11 is 0. The van der Waals surface area contributed by atoms with Crippen LogP contribution in [0.25, 0.3) is 0 Å². The van der Waals surface area contributed by atoms with Crippen LogP contribution in [0.15, 0.2) is 36.7 Å². The second-order valence-corrected chi connectivity index (χ2v) is 6.20. The summed E-state index contributed by atoms with van der Waals surface area (Å²) in [6, 6.07) is 4.76. The van der Waals surface area contributed by atoms with Gasteiger partial charge in [0.2, 0.25) is 0 Å². The van der Waals surface area contributed by atoms with Gasteiger partial charge in [-0.2, -0.15) is 13.2 Å². The van der Waals surface area contributed by atoms with Crippen LogP contribution in [0.5, 0.6) is 0 Å². The molecule has 0 spiro atoms. The molecule has 0 aliphatic carbocycles. The molecule has 1 aliphatic heterocycles. The highest BCUT2D eigenvalue weighted by Crippen LogP contribution is 2.31. The molecule has 2 aromatic rings. The van der Waals surface area contributed by atoms with Crippen LogP contribution in [-0.2, 0) is 10.9 Å². The van der Waals surface area contributed by atoms with Crippen molar-refractivity contribution in [3.05, 3.63) is 47.9 Å². The first-order valence-electron chi connectivity index (χ1n) is 8.76. The summed E-state index contributed by atoms with van der Waals surface area (Å²) in [5, 5.41) is 5.52. The molecule has 0 saturated carbocycles. The van der Waals surface area contributed by atoms with Crippen LogP contribution in [0.3, 0.4) is 0 Å². The Morgan fingerprint density at radius 2 is 1.96 bits per heavy atom. The summed E-state index contributed by atoms with van der Waals surface area (Å²) in [5.41, 5.74) is -0.398. The van der Waals surface area contributed by atoms with Crippen molar-refractivity contribution in [1.29, 1.82) is 0 Å². The zero-order valence-electron chi connectivity index (χ0n) is 15.0. The Bertz CT molecular complexity index is 793. The van der Waals surface area contributed by atoms with Crippen LogP contribution < -0.4 is 10.6 Å². The van der Waals surface area contributed by atoms with Gasteiger partial charge < -0.3 is 15.4 Å². The first-order chi connectivity index (χ1) is 13.4. The first kappa shape index (κ1) is 20.0. The fourth-order valence-electron chi connectivity index (χ4n) is 2.67. The lowest BCUT2D eigenvalue weighted by atomic mass is 10.2. The molecule has 1 aromatic carbocycles. The van der Waals surface area contributed by atoms with Gasteiger partial charge >= 0.3 is 6.18 Å². The minimum Gasteiger partial charge on any atom is -0.379 e. The molecule has 1 amide bonds. The fraction of sp³-hybridized carbons (Fsp3) is 0.389. The number of benzene rings is 1. The molecule has 2 heterocycles. The highest BCUT2D eigenvalue weighted by Gasteiger charge is 2.30. The number of nitrogens with one attached hydrogen (secondary N) is 2. The lowest BCUT2D eigenvalue weighted by molar-refractivity contribution is -0.137. The number of carbonyl (C=O) groups is 1. The van der Waals surface area contributed by atoms with Gasteiger partial charge in [-0.3, -0.25) is 9.69 Å². The van der Waals surface area contributed by atoms with E-state index in [-0.39, 0.29) is 23.1 Å². The van der Waals surface area contributed by atoms with Crippen molar-refractivity contribution in [2.24, 2.45) is 0 Å². The van der Waals surface area contributed by atoms with E-state index in [0.717, 1.165) is 31.8 Å². The molecule has 28 heavy (non-hydrogen) atoms. The zero-order valence-corrected chi connectivity index (χ0v) is 15.0. The van der Waals surface area contributed by atoms with E-state index in [0.29, 0.717) is 19.8 Å². The van der Waals surface area contributed by atoms with Crippen molar-refractivity contribution in [3.63, 3.8) is 0 Å². The molecule has 10 heteroatoms. The molecule has 0 bridgehead atoms. The molecule has 1 fully saturated rings. The van der Waals surface area contributed by atoms with Crippen LogP contribution >= 0.6 is 0 Å². The number of rotatable bonds is 6. The van der Waals surface area contributed by atoms with E-state index in [1.165, 1.54) is 24.5 Å². The van der Waals surface area contributed by atoms with Crippen LogP contribution in [0, 0.1) is 0 Å². The van der Waals surface area contributed by atoms with Gasteiger partial charge in [-0.1, -0.05) is 6.07 Å². The van der Waals surface area contributed by atoms with Crippen LogP contribution in [-0.4, -0.2) is 60.2 Å². The molecule has 1 aliphatic rings. The van der Waals surface area contributed by atoms with Gasteiger partial charge in [0, 0.05) is 31.9 Å². The van der Waals surface area contributed by atoms with Crippen LogP contribution in [0.4, 0.5) is 24.7 Å². The monoisotopic (exact) mass is 395 g/mol. The second-order valence-electron chi connectivity index (χ2n) is 6.20. The molecular formula is C18H20F3N5O2. The number of anilines is 2. The molecule has 0 atom stereocenters. The van der Waals surface area contributed by atoms with Crippen molar-refractivity contribution in [3.8, 4) is 0 Å². The Kier molecular flexibility index (Phi) is 6.42. The molecule has 3 rings (SSSR count). The van der Waals surface area contributed by atoms with E-state index in [1.54, 1.807) is 0 Å². The average molecular weight is 395 g/mol. The second kappa shape index (κ2) is 8.98. The van der Waals surface area contributed by atoms with Gasteiger partial charge in [0.15, 0.2) is 0 Å². The maximum absolute atomic E-state index is 12.8. The summed E-state index contributed by atoms with van der Waals surface area (Å²) in [6.07, 6.45) is -1.84. The van der Waals surface area contributed by atoms with E-state index >= 15 is 0 Å². The van der Waals surface area contributed by atoms with Crippen molar-refractivity contribution in [2.75, 3.05) is 44.7 Å². The van der Waals surface area contributed by atoms with E-state index in [2.05, 4.69) is 25.5 Å². The van der Waals surface area contributed by atoms with Gasteiger partial charge in [0.05, 0.1) is 31.2 Å². The van der Waals surface area contributed by atoms with Gasteiger partial charge in [0.1, 0.15) is 11.5 Å². The number of aromatic nitrogens is 2. The topological polar surface area (TPSA) is 79.4 Å². The van der Waals surface area contributed by atoms with Gasteiger partial charge in [-0.05, 0) is 18.2 Å². The molecular weight excluding hydrogens is 375 g/mol. The predicted octanol–water partition coefficient (Wildman–Crippen LogP) is 2.30. The number of nitrogens with zero attached hydrogens (tertiary/aromatic N) is 3. The van der Waals surface area contributed by atoms with E-state index < -0.39 is 11.7 Å². The lowest BCUT2D eigenvalue weighted by Gasteiger charge is -2.26. The lowest BCUT2D eigenvalue weighted by Crippen LogP contribution is -2.41. The highest BCUT2D eigenvalue weighted by molar-refractivity contribution is 5.92. The average Bonchev–Trinajstić information content (AvgIpc) is 2.69. The third-order valence-electron chi connectivity index (χ3n) is 4.16. The third-order valence-corrected chi connectivity index (χ3v) is 4.16. The van der Waals surface area contributed by atoms with Crippen LogP contribution in [0.2, 0.25) is 0 Å². The summed E-state index contributed by atoms with van der Waals surface area (Å²) in [5.74, 6) is -0.115. The SMILES string of the molecule is O=C(NCCN1CCOCC1)c1cnc(Nc2cccc(C(F)(F)F)c2)cn1. The number of alkyl halides is 3. The summed E-state index contributed by atoms with van der Waals surface area (Å²) in [6.45, 7) is 4.26. The fourth-order valence-corrected chi connectivity index (χ4v) is 2.67. The van der Waals surface area contributed by atoms with Crippen molar-refractivity contribution in [2.45, 2.75) is 6.18 Å². The summed E-state index contributed by atoms with van der Waals surface area (Å²) < 4.78 is 43.5. The van der Waals surface area contributed by atoms with Gasteiger partial charge in [0.25, 0.3) is 5.91 Å². The highest BCUT2D eigenvalue weighted by atomic mass is 19.4. The minimum atomic E-state index is -4.42. The number of morpholine rings is 1. The molecule has 7 nitrogen and oxygen atoms in total. The number of halogens is 3. The van der Waals surface area contributed by atoms with E-state index in [9.17, 15) is 18.0 Å². The number of amides is 1. The number of ether oxygens (including phenoxy) is 1. The maximum Gasteiger partial charge on any atom is 0.416 e. The molecule has 1 saturated heterocycles. The van der Waals surface area contributed by atoms with E-state index in [1.807, 2.05) is 0 Å². The standard InChI is InChI=1S/C18H20F3N5O2/c19-18(20,21)13-2-1-3-14(10-13)25-16-12-23-15(11-24-16)17(27)22-4-5-26-6-8-28-9-7-26/h1-3,10-12H,4-9H2,(H,22,27)(H,24,25). The Morgan fingerprint density at radius 3 is 2.64 bits per heavy atom. The third kappa shape index (κ3) is 5.64. The largest absolute Gasteiger partial charge is 0.416 e. The summed E-state index contributed by atoms with van der Waals surface area (Å²) in [7, 11) is 0. The van der Waals surface area contributed by atoms with Gasteiger partial charge in [-0.15, -0.1) is 0 Å². The maximum atomic E-state index is 12.8. The predicted molar refractivity (Wildman–Crippen MR) is 96.4 cm³/mol. The first-order valence-corrected chi connectivity index (χ1v) is 8.76. The van der Waals surface area contributed by atoms with E-state index in [4.69, 9.17) is 4.74 Å². The molecule has 2 N–H and O–H groups in total. The van der Waals surface area contributed by atoms with Crippen LogP contribution in [0.1, 0.15) is 16.1 Å². The Hall–Kier alpha value is -2.72. The number of carbonyl (C=O) groups excluding carboxylic acids is 1. The normalized spacial score (nSPS) is 15.2. The van der Waals surface area contributed by atoms with Gasteiger partial charge in [-0.25, -0.2) is 9.97 Å². The van der Waals surface area contributed by atoms with Crippen molar-refractivity contribution >= 4 is 17.4 Å². The molecule has 1 aromatic heterocycles. The smallest absolute Gasteiger partial charge is 0.379 e. The van der Waals surface area contributed by atoms with Crippen molar-refractivity contribution < 1.29 is 22.7 Å². The molecule has 0 radical (unpaired) electrons. The summed E-state index contributed by atoms with van der Waals surface area (Å²) in [4.78, 5) is 22.4. The zero-order chi connectivity index (χ0) is 20.0. The molecule has 0 unspecified atom stereocenters. The number of hydrogen-bond acceptors (Lipinski definition) is 6. The molecule has 150 valence electrons. The Balaban J connectivity index is 1.52.